The summed E-state index contributed by atoms with van der Waals surface area (Å²) in [5, 5.41) is 13.4. The van der Waals surface area contributed by atoms with Crippen LogP contribution in [0.3, 0.4) is 0 Å². The van der Waals surface area contributed by atoms with Crippen LogP contribution < -0.4 is 5.32 Å². The summed E-state index contributed by atoms with van der Waals surface area (Å²) in [5.74, 6) is -0.0416. The molecule has 1 aliphatic heterocycles. The molecule has 4 rings (SSSR count). The summed E-state index contributed by atoms with van der Waals surface area (Å²) in [5.41, 5.74) is 3.54. The molecular formula is C28H32ClN3O2. The number of nitrogens with one attached hydrogen (secondary N) is 1. The fraction of sp³-hybridized carbons (Fsp3) is 0.321. The van der Waals surface area contributed by atoms with Gasteiger partial charge in [0.1, 0.15) is 0 Å². The van der Waals surface area contributed by atoms with E-state index >= 15 is 0 Å². The molecule has 0 aromatic heterocycles. The van der Waals surface area contributed by atoms with Crippen molar-refractivity contribution in [3.8, 4) is 0 Å². The number of rotatable bonds is 9. The normalized spacial score (nSPS) is 15.9. The van der Waals surface area contributed by atoms with Gasteiger partial charge < -0.3 is 10.4 Å². The number of piperazine rings is 1. The van der Waals surface area contributed by atoms with Gasteiger partial charge in [-0.1, -0.05) is 84.4 Å². The Morgan fingerprint density at radius 1 is 0.824 bits per heavy atom. The quantitative estimate of drug-likeness (QED) is 0.487. The van der Waals surface area contributed by atoms with Crippen LogP contribution in [0.15, 0.2) is 84.9 Å². The number of carbonyl (C=O) groups excluding carboxylic acids is 1. The highest BCUT2D eigenvalue weighted by atomic mass is 35.5. The van der Waals surface area contributed by atoms with E-state index in [9.17, 15) is 9.90 Å². The Morgan fingerprint density at radius 2 is 1.35 bits per heavy atom. The zero-order valence-corrected chi connectivity index (χ0v) is 20.1. The summed E-state index contributed by atoms with van der Waals surface area (Å²) < 4.78 is 0. The van der Waals surface area contributed by atoms with Crippen LogP contribution in [0.2, 0.25) is 5.02 Å². The number of nitrogens with zero attached hydrogens (tertiary/aromatic N) is 2. The molecule has 34 heavy (non-hydrogen) atoms. The summed E-state index contributed by atoms with van der Waals surface area (Å²) in [6.07, 6.45) is 0.424. The van der Waals surface area contributed by atoms with Gasteiger partial charge in [-0.05, 0) is 35.2 Å². The number of amides is 1. The molecule has 3 aromatic carbocycles. The molecule has 3 aromatic rings. The van der Waals surface area contributed by atoms with Crippen LogP contribution in [-0.4, -0.2) is 59.6 Å². The molecule has 0 radical (unpaired) electrons. The molecule has 2 N–H and O–H groups in total. The maximum absolute atomic E-state index is 13.0. The van der Waals surface area contributed by atoms with Gasteiger partial charge in [-0.2, -0.15) is 0 Å². The third-order valence-corrected chi connectivity index (χ3v) is 6.72. The minimum Gasteiger partial charge on any atom is -0.396 e. The predicted molar refractivity (Wildman–Crippen MR) is 137 cm³/mol. The van der Waals surface area contributed by atoms with Crippen LogP contribution in [0.25, 0.3) is 0 Å². The van der Waals surface area contributed by atoms with Crippen LogP contribution in [0.1, 0.15) is 29.2 Å². The second-order valence-corrected chi connectivity index (χ2v) is 9.10. The van der Waals surface area contributed by atoms with Crippen LogP contribution in [-0.2, 0) is 11.3 Å². The van der Waals surface area contributed by atoms with Crippen molar-refractivity contribution in [1.82, 2.24) is 15.1 Å². The first-order valence-corrected chi connectivity index (χ1v) is 12.2. The number of aliphatic hydroxyl groups is 1. The van der Waals surface area contributed by atoms with Crippen LogP contribution in [0, 0.1) is 0 Å². The second-order valence-electron chi connectivity index (χ2n) is 8.67. The van der Waals surface area contributed by atoms with Crippen molar-refractivity contribution in [1.29, 1.82) is 0 Å². The SMILES string of the molecule is O=C(NCc1ccc(Cl)cc1)C(CCO)N1CCN(C(c2ccccc2)c2ccccc2)CC1. The van der Waals surface area contributed by atoms with Crippen molar-refractivity contribution in [2.75, 3.05) is 32.8 Å². The Kier molecular flexibility index (Phi) is 8.72. The largest absolute Gasteiger partial charge is 0.396 e. The fourth-order valence-corrected chi connectivity index (χ4v) is 4.83. The van der Waals surface area contributed by atoms with E-state index in [0.29, 0.717) is 18.0 Å². The molecule has 1 heterocycles. The van der Waals surface area contributed by atoms with Gasteiger partial charge in [0.25, 0.3) is 0 Å². The summed E-state index contributed by atoms with van der Waals surface area (Å²) in [4.78, 5) is 17.7. The average Bonchev–Trinajstić information content (AvgIpc) is 2.89. The number of carbonyl (C=O) groups is 1. The van der Waals surface area contributed by atoms with Crippen LogP contribution in [0.5, 0.6) is 0 Å². The summed E-state index contributed by atoms with van der Waals surface area (Å²) >= 11 is 5.95. The Morgan fingerprint density at radius 3 is 1.88 bits per heavy atom. The smallest absolute Gasteiger partial charge is 0.237 e. The topological polar surface area (TPSA) is 55.8 Å². The third kappa shape index (κ3) is 6.24. The van der Waals surface area contributed by atoms with Gasteiger partial charge in [-0.3, -0.25) is 14.6 Å². The fourth-order valence-electron chi connectivity index (χ4n) is 4.70. The Labute approximate surface area is 207 Å². The lowest BCUT2D eigenvalue weighted by Crippen LogP contribution is -2.55. The first kappa shape index (κ1) is 24.4. The first-order chi connectivity index (χ1) is 16.7. The number of halogens is 1. The van der Waals surface area contributed by atoms with E-state index in [4.69, 9.17) is 11.6 Å². The molecule has 6 heteroatoms. The van der Waals surface area contributed by atoms with Gasteiger partial charge in [-0.15, -0.1) is 0 Å². The molecule has 1 saturated heterocycles. The molecule has 0 bridgehead atoms. The van der Waals surface area contributed by atoms with E-state index in [0.717, 1.165) is 31.7 Å². The van der Waals surface area contributed by atoms with Crippen molar-refractivity contribution in [3.05, 3.63) is 107 Å². The predicted octanol–water partition coefficient (Wildman–Crippen LogP) is 4.11. The zero-order chi connectivity index (χ0) is 23.8. The lowest BCUT2D eigenvalue weighted by atomic mass is 9.96. The van der Waals surface area contributed by atoms with E-state index in [1.807, 2.05) is 36.4 Å². The third-order valence-electron chi connectivity index (χ3n) is 6.47. The van der Waals surface area contributed by atoms with E-state index in [-0.39, 0.29) is 24.6 Å². The highest BCUT2D eigenvalue weighted by Gasteiger charge is 2.31. The van der Waals surface area contributed by atoms with E-state index < -0.39 is 0 Å². The Balaban J connectivity index is 1.41. The molecule has 178 valence electrons. The maximum atomic E-state index is 13.0. The summed E-state index contributed by atoms with van der Waals surface area (Å²) in [6, 6.07) is 28.5. The second kappa shape index (κ2) is 12.1. The molecular weight excluding hydrogens is 446 g/mol. The molecule has 1 amide bonds. The minimum atomic E-state index is -0.341. The van der Waals surface area contributed by atoms with Gasteiger partial charge in [0, 0.05) is 44.4 Å². The lowest BCUT2D eigenvalue weighted by molar-refractivity contribution is -0.128. The molecule has 1 aliphatic rings. The van der Waals surface area contributed by atoms with Gasteiger partial charge in [0.05, 0.1) is 12.1 Å². The zero-order valence-electron chi connectivity index (χ0n) is 19.3. The number of hydrogen-bond acceptors (Lipinski definition) is 4. The molecule has 1 fully saturated rings. The van der Waals surface area contributed by atoms with Gasteiger partial charge in [0.15, 0.2) is 0 Å². The molecule has 1 unspecified atom stereocenters. The van der Waals surface area contributed by atoms with Gasteiger partial charge in [0.2, 0.25) is 5.91 Å². The van der Waals surface area contributed by atoms with E-state index in [1.54, 1.807) is 0 Å². The summed E-state index contributed by atoms with van der Waals surface area (Å²) in [6.45, 7) is 3.67. The van der Waals surface area contributed by atoms with Crippen molar-refractivity contribution in [3.63, 3.8) is 0 Å². The molecule has 0 spiro atoms. The van der Waals surface area contributed by atoms with Crippen molar-refractivity contribution in [2.24, 2.45) is 0 Å². The van der Waals surface area contributed by atoms with Crippen LogP contribution >= 0.6 is 11.6 Å². The monoisotopic (exact) mass is 477 g/mol. The number of benzene rings is 3. The standard InChI is InChI=1S/C28H32ClN3O2/c29-25-13-11-22(12-14-25)21-30-28(34)26(15-20-33)31-16-18-32(19-17-31)27(23-7-3-1-4-8-23)24-9-5-2-6-10-24/h1-14,26-27,33H,15-21H2,(H,30,34). The summed E-state index contributed by atoms with van der Waals surface area (Å²) in [7, 11) is 0. The van der Waals surface area contributed by atoms with Crippen molar-refractivity contribution in [2.45, 2.75) is 25.0 Å². The molecule has 5 nitrogen and oxygen atoms in total. The molecule has 0 saturated carbocycles. The van der Waals surface area contributed by atoms with Gasteiger partial charge >= 0.3 is 0 Å². The Bertz CT molecular complexity index is 983. The maximum Gasteiger partial charge on any atom is 0.237 e. The highest BCUT2D eigenvalue weighted by molar-refractivity contribution is 6.30. The van der Waals surface area contributed by atoms with Crippen LogP contribution in [0.4, 0.5) is 0 Å². The highest BCUT2D eigenvalue weighted by Crippen LogP contribution is 2.29. The number of aliphatic hydroxyl groups excluding tert-OH is 1. The Hall–Kier alpha value is -2.70. The van der Waals surface area contributed by atoms with Crippen molar-refractivity contribution >= 4 is 17.5 Å². The van der Waals surface area contributed by atoms with Gasteiger partial charge in [-0.25, -0.2) is 0 Å². The lowest BCUT2D eigenvalue weighted by Gasteiger charge is -2.42. The minimum absolute atomic E-state index is 0.0180. The first-order valence-electron chi connectivity index (χ1n) is 11.9. The van der Waals surface area contributed by atoms with E-state index in [2.05, 4.69) is 63.6 Å². The number of hydrogen-bond donors (Lipinski definition) is 2. The van der Waals surface area contributed by atoms with E-state index in [1.165, 1.54) is 11.1 Å². The average molecular weight is 478 g/mol. The molecule has 0 aliphatic carbocycles. The van der Waals surface area contributed by atoms with Crippen molar-refractivity contribution < 1.29 is 9.90 Å². The molecule has 1 atom stereocenters.